The summed E-state index contributed by atoms with van der Waals surface area (Å²) in [5, 5.41) is 0.337. The maximum absolute atomic E-state index is 13.5. The summed E-state index contributed by atoms with van der Waals surface area (Å²) in [6.45, 7) is 2.15. The molecule has 0 atom stereocenters. The summed E-state index contributed by atoms with van der Waals surface area (Å²) in [5.41, 5.74) is 5.97. The van der Waals surface area contributed by atoms with Crippen LogP contribution in [-0.2, 0) is 6.42 Å². The standard InChI is InChI=1S/C25H20BClFN2/c1-2-18-8-6-7-11-20(18)16-22(19-9-4-3-5-10-19)26-25-29-14-15-30(25)24-13-12-21(28)17-23(24)27/h3-17H,2H2,1H3. The molecule has 0 unspecified atom stereocenters. The van der Waals surface area contributed by atoms with Crippen molar-refractivity contribution in [1.29, 1.82) is 0 Å². The Morgan fingerprint density at radius 3 is 2.60 bits per heavy atom. The predicted octanol–water partition coefficient (Wildman–Crippen LogP) is 5.76. The second-order valence-corrected chi connectivity index (χ2v) is 7.32. The minimum absolute atomic E-state index is 0.337. The fourth-order valence-corrected chi connectivity index (χ4v) is 3.70. The monoisotopic (exact) mass is 413 g/mol. The largest absolute Gasteiger partial charge is 0.310 e. The highest BCUT2D eigenvalue weighted by Crippen LogP contribution is 2.23. The quantitative estimate of drug-likeness (QED) is 0.290. The Kier molecular flexibility index (Phi) is 6.15. The molecule has 4 aromatic rings. The van der Waals surface area contributed by atoms with Crippen molar-refractivity contribution in [2.24, 2.45) is 0 Å². The smallest absolute Gasteiger partial charge is 0.241 e. The highest BCUT2D eigenvalue weighted by Gasteiger charge is 2.14. The van der Waals surface area contributed by atoms with Crippen LogP contribution >= 0.6 is 11.6 Å². The maximum atomic E-state index is 13.5. The van der Waals surface area contributed by atoms with Crippen LogP contribution in [0.5, 0.6) is 0 Å². The van der Waals surface area contributed by atoms with Gasteiger partial charge in [0.05, 0.1) is 16.4 Å². The van der Waals surface area contributed by atoms with E-state index in [1.54, 1.807) is 12.3 Å². The number of rotatable bonds is 6. The molecule has 4 rings (SSSR count). The van der Waals surface area contributed by atoms with Crippen molar-refractivity contribution in [2.75, 3.05) is 0 Å². The number of hydrogen-bond donors (Lipinski definition) is 0. The summed E-state index contributed by atoms with van der Waals surface area (Å²) in [6, 6.07) is 22.9. The number of aryl methyl sites for hydroxylation is 1. The number of benzene rings is 3. The molecule has 0 fully saturated rings. The molecule has 0 N–H and O–H groups in total. The van der Waals surface area contributed by atoms with Crippen LogP contribution in [0.25, 0.3) is 17.2 Å². The second kappa shape index (κ2) is 9.14. The summed E-state index contributed by atoms with van der Waals surface area (Å²) in [4.78, 5) is 4.52. The molecule has 1 aromatic heterocycles. The number of hydrogen-bond acceptors (Lipinski definition) is 1. The van der Waals surface area contributed by atoms with E-state index in [-0.39, 0.29) is 5.82 Å². The Balaban J connectivity index is 1.78. The summed E-state index contributed by atoms with van der Waals surface area (Å²) in [7, 11) is 2.03. The zero-order chi connectivity index (χ0) is 20.9. The van der Waals surface area contributed by atoms with Crippen LogP contribution < -0.4 is 5.72 Å². The van der Waals surface area contributed by atoms with Crippen LogP contribution in [0, 0.1) is 5.82 Å². The van der Waals surface area contributed by atoms with E-state index >= 15 is 0 Å². The lowest BCUT2D eigenvalue weighted by molar-refractivity contribution is 0.627. The molecule has 0 aliphatic carbocycles. The zero-order valence-corrected chi connectivity index (χ0v) is 17.4. The van der Waals surface area contributed by atoms with E-state index in [1.807, 2.05) is 42.3 Å². The van der Waals surface area contributed by atoms with Gasteiger partial charge in [-0.15, -0.1) is 0 Å². The first-order chi connectivity index (χ1) is 14.7. The minimum atomic E-state index is -0.365. The molecule has 0 spiro atoms. The third-order valence-electron chi connectivity index (χ3n) is 4.98. The summed E-state index contributed by atoms with van der Waals surface area (Å²) in [5.74, 6) is -0.365. The summed E-state index contributed by atoms with van der Waals surface area (Å²) in [6.07, 6.45) is 6.68. The lowest BCUT2D eigenvalue weighted by atomic mass is 9.65. The van der Waals surface area contributed by atoms with Gasteiger partial charge in [0.25, 0.3) is 0 Å². The Morgan fingerprint density at radius 2 is 1.83 bits per heavy atom. The fraction of sp³-hybridized carbons (Fsp3) is 0.0800. The molecule has 0 bridgehead atoms. The van der Waals surface area contributed by atoms with E-state index in [1.165, 1.54) is 23.3 Å². The predicted molar refractivity (Wildman–Crippen MR) is 124 cm³/mol. The summed E-state index contributed by atoms with van der Waals surface area (Å²) >= 11 is 6.30. The molecule has 1 heterocycles. The van der Waals surface area contributed by atoms with E-state index in [4.69, 9.17) is 11.6 Å². The molecule has 0 saturated carbocycles. The molecular formula is C25H20BClFN2. The molecule has 30 heavy (non-hydrogen) atoms. The van der Waals surface area contributed by atoms with Crippen molar-refractivity contribution in [3.8, 4) is 5.69 Å². The normalized spacial score (nSPS) is 11.5. The SMILES string of the molecule is CCc1ccccc1C=C([B]c1nccn1-c1ccc(F)cc1Cl)c1ccccc1. The van der Waals surface area contributed by atoms with E-state index in [0.717, 1.165) is 17.5 Å². The van der Waals surface area contributed by atoms with Crippen LogP contribution in [0.1, 0.15) is 23.6 Å². The molecule has 147 valence electrons. The van der Waals surface area contributed by atoms with Gasteiger partial charge in [-0.05, 0) is 41.3 Å². The number of aromatic nitrogens is 2. The molecule has 0 aliphatic rings. The molecule has 0 amide bonds. The van der Waals surface area contributed by atoms with Gasteiger partial charge in [0.1, 0.15) is 5.82 Å². The van der Waals surface area contributed by atoms with E-state index in [0.29, 0.717) is 16.4 Å². The molecule has 3 aromatic carbocycles. The third kappa shape index (κ3) is 4.39. The Morgan fingerprint density at radius 1 is 1.07 bits per heavy atom. The second-order valence-electron chi connectivity index (χ2n) is 6.91. The van der Waals surface area contributed by atoms with Crippen molar-refractivity contribution < 1.29 is 4.39 Å². The Hall–Kier alpha value is -3.11. The highest BCUT2D eigenvalue weighted by atomic mass is 35.5. The lowest BCUT2D eigenvalue weighted by Gasteiger charge is -2.13. The number of nitrogens with zero attached hydrogens (tertiary/aromatic N) is 2. The fourth-order valence-electron chi connectivity index (χ4n) is 3.44. The molecule has 1 radical (unpaired) electrons. The van der Waals surface area contributed by atoms with Gasteiger partial charge in [-0.2, -0.15) is 0 Å². The summed E-state index contributed by atoms with van der Waals surface area (Å²) < 4.78 is 15.4. The Bertz CT molecular complexity index is 1180. The van der Waals surface area contributed by atoms with Crippen molar-refractivity contribution in [1.82, 2.24) is 9.55 Å². The van der Waals surface area contributed by atoms with Gasteiger partial charge in [0, 0.05) is 12.4 Å². The highest BCUT2D eigenvalue weighted by molar-refractivity contribution is 6.73. The first-order valence-electron chi connectivity index (χ1n) is 9.84. The van der Waals surface area contributed by atoms with Gasteiger partial charge in [0.2, 0.25) is 7.28 Å². The average molecular weight is 414 g/mol. The molecular weight excluding hydrogens is 394 g/mol. The van der Waals surface area contributed by atoms with E-state index in [2.05, 4.69) is 48.3 Å². The van der Waals surface area contributed by atoms with Crippen LogP contribution in [-0.4, -0.2) is 16.8 Å². The van der Waals surface area contributed by atoms with Gasteiger partial charge in [-0.3, -0.25) is 4.98 Å². The van der Waals surface area contributed by atoms with Crippen LogP contribution in [0.3, 0.4) is 0 Å². The van der Waals surface area contributed by atoms with E-state index in [9.17, 15) is 4.39 Å². The Labute approximate surface area is 181 Å². The van der Waals surface area contributed by atoms with Crippen LogP contribution in [0.15, 0.2) is 85.2 Å². The molecule has 5 heteroatoms. The van der Waals surface area contributed by atoms with Crippen molar-refractivity contribution in [2.45, 2.75) is 13.3 Å². The van der Waals surface area contributed by atoms with Gasteiger partial charge >= 0.3 is 0 Å². The molecule has 2 nitrogen and oxygen atoms in total. The molecule has 0 aliphatic heterocycles. The zero-order valence-electron chi connectivity index (χ0n) is 16.6. The maximum Gasteiger partial charge on any atom is 0.241 e. The van der Waals surface area contributed by atoms with Gasteiger partial charge < -0.3 is 4.57 Å². The van der Waals surface area contributed by atoms with Gasteiger partial charge in [-0.25, -0.2) is 4.39 Å². The first-order valence-corrected chi connectivity index (χ1v) is 10.2. The minimum Gasteiger partial charge on any atom is -0.310 e. The van der Waals surface area contributed by atoms with Crippen molar-refractivity contribution in [3.63, 3.8) is 0 Å². The van der Waals surface area contributed by atoms with Crippen molar-refractivity contribution >= 4 is 36.2 Å². The van der Waals surface area contributed by atoms with E-state index < -0.39 is 0 Å². The van der Waals surface area contributed by atoms with Gasteiger partial charge in [-0.1, -0.05) is 84.7 Å². The average Bonchev–Trinajstić information content (AvgIpc) is 3.22. The lowest BCUT2D eigenvalue weighted by Crippen LogP contribution is -2.26. The van der Waals surface area contributed by atoms with Crippen molar-refractivity contribution in [3.05, 3.63) is 113 Å². The van der Waals surface area contributed by atoms with Crippen LogP contribution in [0.4, 0.5) is 4.39 Å². The first kappa shape index (κ1) is 20.2. The topological polar surface area (TPSA) is 17.8 Å². The number of imidazole rings is 1. The van der Waals surface area contributed by atoms with Crippen LogP contribution in [0.2, 0.25) is 5.02 Å². The van der Waals surface area contributed by atoms with Gasteiger partial charge in [0.15, 0.2) is 0 Å². The molecule has 0 saturated heterocycles. The third-order valence-corrected chi connectivity index (χ3v) is 5.28. The number of halogens is 2.